The smallest absolute Gasteiger partial charge is 0.222 e. The first kappa shape index (κ1) is 7.54. The van der Waals surface area contributed by atoms with E-state index in [2.05, 4.69) is 0 Å². The minimum Gasteiger partial charge on any atom is -0.377 e. The molecule has 0 aromatic heterocycles. The molecule has 0 radical (unpaired) electrons. The van der Waals surface area contributed by atoms with Gasteiger partial charge in [-0.15, -0.1) is 0 Å². The second kappa shape index (κ2) is 3.01. The van der Waals surface area contributed by atoms with Crippen molar-refractivity contribution in [3.05, 3.63) is 0 Å². The molecule has 1 saturated heterocycles. The van der Waals surface area contributed by atoms with Gasteiger partial charge in [-0.1, -0.05) is 6.92 Å². The molecular weight excluding hydrogens is 130 g/mol. The molecule has 1 amide bonds. The van der Waals surface area contributed by atoms with Gasteiger partial charge in [0.25, 0.3) is 0 Å². The Bertz CT molecular complexity index is 130. The lowest BCUT2D eigenvalue weighted by molar-refractivity contribution is -0.124. The zero-order valence-electron chi connectivity index (χ0n) is 6.17. The molecule has 0 aromatic rings. The maximum Gasteiger partial charge on any atom is 0.222 e. The molecule has 10 heavy (non-hydrogen) atoms. The summed E-state index contributed by atoms with van der Waals surface area (Å²) in [6, 6.07) is 0. The predicted octanol–water partition coefficient (Wildman–Crippen LogP) is 0.287. The maximum absolute atomic E-state index is 10.6. The first-order valence-electron chi connectivity index (χ1n) is 3.62. The summed E-state index contributed by atoms with van der Waals surface area (Å²) in [7, 11) is 0. The molecule has 2 unspecified atom stereocenters. The number of hydrogen-bond acceptors (Lipinski definition) is 2. The van der Waals surface area contributed by atoms with Gasteiger partial charge in [-0.3, -0.25) is 4.79 Å². The lowest BCUT2D eigenvalue weighted by Crippen LogP contribution is -2.30. The average molecular weight is 143 g/mol. The van der Waals surface area contributed by atoms with Crippen molar-refractivity contribution < 1.29 is 9.53 Å². The van der Waals surface area contributed by atoms with Crippen LogP contribution in [0.5, 0.6) is 0 Å². The number of rotatable bonds is 2. The van der Waals surface area contributed by atoms with Crippen molar-refractivity contribution in [2.45, 2.75) is 25.9 Å². The van der Waals surface area contributed by atoms with Crippen molar-refractivity contribution in [3.63, 3.8) is 0 Å². The molecule has 1 heterocycles. The third-order valence-electron chi connectivity index (χ3n) is 1.97. The van der Waals surface area contributed by atoms with Crippen LogP contribution >= 0.6 is 0 Å². The molecule has 1 rings (SSSR count). The molecule has 1 aliphatic rings. The van der Waals surface area contributed by atoms with Crippen LogP contribution in [0, 0.1) is 5.92 Å². The van der Waals surface area contributed by atoms with Crippen LogP contribution in [0.2, 0.25) is 0 Å². The molecule has 58 valence electrons. The highest BCUT2D eigenvalue weighted by Gasteiger charge is 2.25. The van der Waals surface area contributed by atoms with Crippen LogP contribution in [0.25, 0.3) is 0 Å². The van der Waals surface area contributed by atoms with Gasteiger partial charge in [-0.2, -0.15) is 0 Å². The SMILES string of the molecule is CC(C(N)=O)C1CCCO1. The quantitative estimate of drug-likeness (QED) is 0.604. The number of nitrogens with two attached hydrogens (primary N) is 1. The van der Waals surface area contributed by atoms with E-state index in [4.69, 9.17) is 10.5 Å². The summed E-state index contributed by atoms with van der Waals surface area (Å²) >= 11 is 0. The lowest BCUT2D eigenvalue weighted by Gasteiger charge is -2.13. The molecule has 3 nitrogen and oxygen atoms in total. The Morgan fingerprint density at radius 2 is 2.50 bits per heavy atom. The van der Waals surface area contributed by atoms with E-state index in [1.165, 1.54) is 0 Å². The molecule has 2 atom stereocenters. The van der Waals surface area contributed by atoms with Crippen molar-refractivity contribution in [2.24, 2.45) is 11.7 Å². The summed E-state index contributed by atoms with van der Waals surface area (Å²) in [5.74, 6) is -0.380. The van der Waals surface area contributed by atoms with Gasteiger partial charge in [-0.05, 0) is 12.8 Å². The standard InChI is InChI=1S/C7H13NO2/c1-5(7(8)9)6-3-2-4-10-6/h5-6H,2-4H2,1H3,(H2,8,9). The summed E-state index contributed by atoms with van der Waals surface area (Å²) in [5, 5.41) is 0. The van der Waals surface area contributed by atoms with Gasteiger partial charge in [0, 0.05) is 6.61 Å². The highest BCUT2D eigenvalue weighted by atomic mass is 16.5. The Kier molecular flexibility index (Phi) is 2.27. The zero-order chi connectivity index (χ0) is 7.56. The minimum atomic E-state index is -0.257. The fourth-order valence-corrected chi connectivity index (χ4v) is 1.18. The normalized spacial score (nSPS) is 28.3. The van der Waals surface area contributed by atoms with E-state index in [1.54, 1.807) is 0 Å². The lowest BCUT2D eigenvalue weighted by atomic mass is 10.0. The van der Waals surface area contributed by atoms with Gasteiger partial charge in [0.15, 0.2) is 0 Å². The number of primary amides is 1. The van der Waals surface area contributed by atoms with Crippen LogP contribution in [0.4, 0.5) is 0 Å². The van der Waals surface area contributed by atoms with Gasteiger partial charge in [0.2, 0.25) is 5.91 Å². The van der Waals surface area contributed by atoms with Crippen molar-refractivity contribution in [2.75, 3.05) is 6.61 Å². The van der Waals surface area contributed by atoms with Crippen molar-refractivity contribution in [3.8, 4) is 0 Å². The number of ether oxygens (including phenoxy) is 1. The highest BCUT2D eigenvalue weighted by Crippen LogP contribution is 2.19. The maximum atomic E-state index is 10.6. The third-order valence-corrected chi connectivity index (χ3v) is 1.97. The average Bonchev–Trinajstić information content (AvgIpc) is 2.36. The van der Waals surface area contributed by atoms with Gasteiger partial charge in [-0.25, -0.2) is 0 Å². The summed E-state index contributed by atoms with van der Waals surface area (Å²) in [6.07, 6.45) is 2.12. The van der Waals surface area contributed by atoms with Gasteiger partial charge in [0.05, 0.1) is 12.0 Å². The van der Waals surface area contributed by atoms with E-state index in [1.807, 2.05) is 6.92 Å². The van der Waals surface area contributed by atoms with Gasteiger partial charge in [0.1, 0.15) is 0 Å². The number of carbonyl (C=O) groups excluding carboxylic acids is 1. The number of amides is 1. The largest absolute Gasteiger partial charge is 0.377 e. The Morgan fingerprint density at radius 1 is 1.80 bits per heavy atom. The monoisotopic (exact) mass is 143 g/mol. The van der Waals surface area contributed by atoms with Crippen molar-refractivity contribution >= 4 is 5.91 Å². The van der Waals surface area contributed by atoms with Crippen LogP contribution in [0.3, 0.4) is 0 Å². The van der Waals surface area contributed by atoms with E-state index in [0.717, 1.165) is 19.4 Å². The Balaban J connectivity index is 2.39. The highest BCUT2D eigenvalue weighted by molar-refractivity contribution is 5.76. The summed E-state index contributed by atoms with van der Waals surface area (Å²) < 4.78 is 5.28. The van der Waals surface area contributed by atoms with Gasteiger partial charge >= 0.3 is 0 Å². The minimum absolute atomic E-state index is 0.0810. The molecule has 0 bridgehead atoms. The molecule has 3 heteroatoms. The molecule has 1 aliphatic heterocycles. The van der Waals surface area contributed by atoms with Crippen LogP contribution in [-0.4, -0.2) is 18.6 Å². The Morgan fingerprint density at radius 3 is 2.90 bits per heavy atom. The molecule has 0 spiro atoms. The Labute approximate surface area is 60.5 Å². The topological polar surface area (TPSA) is 52.3 Å². The van der Waals surface area contributed by atoms with E-state index in [-0.39, 0.29) is 17.9 Å². The summed E-state index contributed by atoms with van der Waals surface area (Å²) in [4.78, 5) is 10.6. The molecule has 0 aromatic carbocycles. The number of hydrogen-bond donors (Lipinski definition) is 1. The van der Waals surface area contributed by atoms with Crippen LogP contribution in [-0.2, 0) is 9.53 Å². The molecule has 0 saturated carbocycles. The third kappa shape index (κ3) is 1.48. The van der Waals surface area contributed by atoms with Crippen LogP contribution in [0.1, 0.15) is 19.8 Å². The second-order valence-electron chi connectivity index (χ2n) is 2.74. The zero-order valence-corrected chi connectivity index (χ0v) is 6.17. The predicted molar refractivity (Wildman–Crippen MR) is 37.3 cm³/mol. The van der Waals surface area contributed by atoms with Crippen LogP contribution < -0.4 is 5.73 Å². The molecular formula is C7H13NO2. The van der Waals surface area contributed by atoms with Gasteiger partial charge < -0.3 is 10.5 Å². The van der Waals surface area contributed by atoms with E-state index < -0.39 is 0 Å². The van der Waals surface area contributed by atoms with Crippen molar-refractivity contribution in [1.29, 1.82) is 0 Å². The number of carbonyl (C=O) groups is 1. The fourth-order valence-electron chi connectivity index (χ4n) is 1.18. The van der Waals surface area contributed by atoms with Crippen molar-refractivity contribution in [1.82, 2.24) is 0 Å². The second-order valence-corrected chi connectivity index (χ2v) is 2.74. The first-order valence-corrected chi connectivity index (χ1v) is 3.62. The fraction of sp³-hybridized carbons (Fsp3) is 0.857. The molecule has 0 aliphatic carbocycles. The summed E-state index contributed by atoms with van der Waals surface area (Å²) in [5.41, 5.74) is 5.10. The summed E-state index contributed by atoms with van der Waals surface area (Å²) in [6.45, 7) is 2.60. The molecule has 1 fully saturated rings. The molecule has 2 N–H and O–H groups in total. The van der Waals surface area contributed by atoms with Crippen LogP contribution in [0.15, 0.2) is 0 Å². The first-order chi connectivity index (χ1) is 4.72. The Hall–Kier alpha value is -0.570. The van der Waals surface area contributed by atoms with E-state index in [9.17, 15) is 4.79 Å². The van der Waals surface area contributed by atoms with E-state index in [0.29, 0.717) is 0 Å². The van der Waals surface area contributed by atoms with E-state index >= 15 is 0 Å².